The SMILES string of the molecule is OC[C@@H](O)[C@H](O)[C@H]1OC(c2ccccc2Cl)O[C@H]1CO. The Balaban J connectivity index is 2.15. The topological polar surface area (TPSA) is 99.4 Å². The molecule has 0 aromatic heterocycles. The summed E-state index contributed by atoms with van der Waals surface area (Å²) in [7, 11) is 0. The highest BCUT2D eigenvalue weighted by molar-refractivity contribution is 6.31. The van der Waals surface area contributed by atoms with Crippen LogP contribution in [0.2, 0.25) is 5.02 Å². The Morgan fingerprint density at radius 2 is 1.85 bits per heavy atom. The highest BCUT2D eigenvalue weighted by Crippen LogP contribution is 2.36. The molecule has 0 radical (unpaired) electrons. The van der Waals surface area contributed by atoms with Gasteiger partial charge in [0.05, 0.1) is 13.2 Å². The second-order valence-corrected chi connectivity index (χ2v) is 4.96. The quantitative estimate of drug-likeness (QED) is 0.603. The maximum atomic E-state index is 9.89. The van der Waals surface area contributed by atoms with E-state index in [1.54, 1.807) is 24.3 Å². The van der Waals surface area contributed by atoms with Crippen LogP contribution in [0.25, 0.3) is 0 Å². The predicted molar refractivity (Wildman–Crippen MR) is 70.1 cm³/mol. The molecule has 112 valence electrons. The van der Waals surface area contributed by atoms with Gasteiger partial charge in [0.25, 0.3) is 0 Å². The van der Waals surface area contributed by atoms with Crippen molar-refractivity contribution in [3.8, 4) is 0 Å². The van der Waals surface area contributed by atoms with Gasteiger partial charge >= 0.3 is 0 Å². The summed E-state index contributed by atoms with van der Waals surface area (Å²) >= 11 is 6.04. The van der Waals surface area contributed by atoms with Gasteiger partial charge in [0, 0.05) is 10.6 Å². The van der Waals surface area contributed by atoms with Gasteiger partial charge in [-0.05, 0) is 6.07 Å². The molecule has 6 nitrogen and oxygen atoms in total. The third-order valence-corrected chi connectivity index (χ3v) is 3.55. The normalized spacial score (nSPS) is 29.4. The van der Waals surface area contributed by atoms with Gasteiger partial charge in [0.1, 0.15) is 24.4 Å². The molecule has 0 spiro atoms. The van der Waals surface area contributed by atoms with E-state index in [2.05, 4.69) is 0 Å². The van der Waals surface area contributed by atoms with E-state index in [4.69, 9.17) is 26.2 Å². The lowest BCUT2D eigenvalue weighted by Gasteiger charge is -2.23. The number of halogens is 1. The Morgan fingerprint density at radius 3 is 2.45 bits per heavy atom. The molecule has 1 saturated heterocycles. The number of aliphatic hydroxyl groups excluding tert-OH is 4. The van der Waals surface area contributed by atoms with Crippen molar-refractivity contribution in [1.82, 2.24) is 0 Å². The van der Waals surface area contributed by atoms with Crippen LogP contribution >= 0.6 is 11.6 Å². The van der Waals surface area contributed by atoms with E-state index in [-0.39, 0.29) is 6.61 Å². The van der Waals surface area contributed by atoms with Crippen molar-refractivity contribution in [3.63, 3.8) is 0 Å². The standard InChI is InChI=1S/C13H17ClO6/c14-8-4-2-1-3-7(8)13-19-10(6-16)12(20-13)11(18)9(17)5-15/h1-4,9-13,15-18H,5-6H2/t9-,10+,11+,12+,13?/m1/s1. The Hall–Kier alpha value is -0.730. The van der Waals surface area contributed by atoms with Gasteiger partial charge in [0.2, 0.25) is 0 Å². The molecular weight excluding hydrogens is 288 g/mol. The minimum atomic E-state index is -1.37. The number of rotatable bonds is 5. The average molecular weight is 305 g/mol. The Bertz CT molecular complexity index is 443. The molecule has 20 heavy (non-hydrogen) atoms. The van der Waals surface area contributed by atoms with E-state index in [1.807, 2.05) is 0 Å². The molecule has 1 heterocycles. The summed E-state index contributed by atoms with van der Waals surface area (Å²) < 4.78 is 11.0. The lowest BCUT2D eigenvalue weighted by atomic mass is 10.0. The van der Waals surface area contributed by atoms with E-state index in [0.29, 0.717) is 10.6 Å². The first-order chi connectivity index (χ1) is 9.58. The summed E-state index contributed by atoms with van der Waals surface area (Å²) in [6.07, 6.45) is -5.35. The van der Waals surface area contributed by atoms with E-state index in [1.165, 1.54) is 0 Å². The van der Waals surface area contributed by atoms with Crippen LogP contribution in [0, 0.1) is 0 Å². The van der Waals surface area contributed by atoms with Crippen molar-refractivity contribution in [1.29, 1.82) is 0 Å². The van der Waals surface area contributed by atoms with Crippen LogP contribution in [-0.4, -0.2) is 58.1 Å². The molecule has 4 N–H and O–H groups in total. The summed E-state index contributed by atoms with van der Waals surface area (Å²) in [5.74, 6) is 0. The fourth-order valence-electron chi connectivity index (χ4n) is 2.09. The van der Waals surface area contributed by atoms with Gasteiger partial charge in [-0.3, -0.25) is 0 Å². The van der Waals surface area contributed by atoms with Crippen LogP contribution in [0.1, 0.15) is 11.9 Å². The van der Waals surface area contributed by atoms with Crippen LogP contribution in [0.5, 0.6) is 0 Å². The van der Waals surface area contributed by atoms with Crippen LogP contribution < -0.4 is 0 Å². The van der Waals surface area contributed by atoms with E-state index in [9.17, 15) is 15.3 Å². The first-order valence-electron chi connectivity index (χ1n) is 6.21. The molecule has 0 saturated carbocycles. The summed E-state index contributed by atoms with van der Waals surface area (Å²) in [4.78, 5) is 0. The number of aliphatic hydroxyl groups is 4. The third-order valence-electron chi connectivity index (χ3n) is 3.20. The van der Waals surface area contributed by atoms with E-state index < -0.39 is 37.3 Å². The van der Waals surface area contributed by atoms with Crippen molar-refractivity contribution in [2.75, 3.05) is 13.2 Å². The maximum absolute atomic E-state index is 9.89. The molecule has 0 bridgehead atoms. The summed E-state index contributed by atoms with van der Waals surface area (Å²) in [5.41, 5.74) is 0.570. The smallest absolute Gasteiger partial charge is 0.186 e. The van der Waals surface area contributed by atoms with E-state index >= 15 is 0 Å². The van der Waals surface area contributed by atoms with Gasteiger partial charge in [-0.1, -0.05) is 29.8 Å². The molecule has 0 amide bonds. The Labute approximate surface area is 121 Å². The van der Waals surface area contributed by atoms with Crippen LogP contribution in [0.15, 0.2) is 24.3 Å². The Morgan fingerprint density at radius 1 is 1.15 bits per heavy atom. The summed E-state index contributed by atoms with van der Waals surface area (Å²) in [6, 6.07) is 6.89. The molecule has 1 aromatic carbocycles. The summed E-state index contributed by atoms with van der Waals surface area (Å²) in [5, 5.41) is 37.9. The first-order valence-corrected chi connectivity index (χ1v) is 6.59. The number of ether oxygens (including phenoxy) is 2. The zero-order valence-corrected chi connectivity index (χ0v) is 11.3. The molecule has 0 aliphatic carbocycles. The molecular formula is C13H17ClO6. The minimum absolute atomic E-state index is 0.388. The van der Waals surface area contributed by atoms with Gasteiger partial charge < -0.3 is 29.9 Å². The molecule has 1 unspecified atom stereocenters. The van der Waals surface area contributed by atoms with Crippen molar-refractivity contribution in [3.05, 3.63) is 34.9 Å². The van der Waals surface area contributed by atoms with Gasteiger partial charge in [-0.25, -0.2) is 0 Å². The zero-order chi connectivity index (χ0) is 14.7. The molecule has 2 rings (SSSR count). The van der Waals surface area contributed by atoms with E-state index in [0.717, 1.165) is 0 Å². The van der Waals surface area contributed by atoms with Crippen LogP contribution in [0.4, 0.5) is 0 Å². The minimum Gasteiger partial charge on any atom is -0.394 e. The second-order valence-electron chi connectivity index (χ2n) is 4.55. The van der Waals surface area contributed by atoms with Crippen LogP contribution in [0.3, 0.4) is 0 Å². The maximum Gasteiger partial charge on any atom is 0.186 e. The lowest BCUT2D eigenvalue weighted by molar-refractivity contribution is -0.113. The van der Waals surface area contributed by atoms with Gasteiger partial charge in [-0.2, -0.15) is 0 Å². The Kier molecular flexibility index (Phi) is 5.34. The van der Waals surface area contributed by atoms with Gasteiger partial charge in [0.15, 0.2) is 6.29 Å². The van der Waals surface area contributed by atoms with Gasteiger partial charge in [-0.15, -0.1) is 0 Å². The highest BCUT2D eigenvalue weighted by atomic mass is 35.5. The molecule has 1 fully saturated rings. The number of hydrogen-bond acceptors (Lipinski definition) is 6. The van der Waals surface area contributed by atoms with Crippen molar-refractivity contribution in [2.24, 2.45) is 0 Å². The van der Waals surface area contributed by atoms with Crippen molar-refractivity contribution in [2.45, 2.75) is 30.7 Å². The van der Waals surface area contributed by atoms with Crippen LogP contribution in [-0.2, 0) is 9.47 Å². The predicted octanol–water partition coefficient (Wildman–Crippen LogP) is -0.171. The lowest BCUT2D eigenvalue weighted by Crippen LogP contribution is -2.45. The van der Waals surface area contributed by atoms with Crippen molar-refractivity contribution < 1.29 is 29.9 Å². The zero-order valence-electron chi connectivity index (χ0n) is 10.6. The molecule has 5 atom stereocenters. The molecule has 1 aromatic rings. The number of benzene rings is 1. The third kappa shape index (κ3) is 3.12. The largest absolute Gasteiger partial charge is 0.394 e. The van der Waals surface area contributed by atoms with Crippen molar-refractivity contribution >= 4 is 11.6 Å². The average Bonchev–Trinajstić information content (AvgIpc) is 2.90. The fourth-order valence-corrected chi connectivity index (χ4v) is 2.31. The number of hydrogen-bond donors (Lipinski definition) is 4. The second kappa shape index (κ2) is 6.82. The molecule has 1 aliphatic heterocycles. The first kappa shape index (κ1) is 15.7. The molecule has 1 aliphatic rings. The monoisotopic (exact) mass is 304 g/mol. The highest BCUT2D eigenvalue weighted by Gasteiger charge is 2.43. The molecule has 7 heteroatoms. The summed E-state index contributed by atoms with van der Waals surface area (Å²) in [6.45, 7) is -1.00. The fraction of sp³-hybridized carbons (Fsp3) is 0.538.